The number of rotatable bonds is 4. The number of phenols is 1. The predicted molar refractivity (Wildman–Crippen MR) is 212 cm³/mol. The molecule has 14 nitrogen and oxygen atoms in total. The number of thioether (sulfide) groups is 1. The van der Waals surface area contributed by atoms with Crippen LogP contribution in [0.1, 0.15) is 63.6 Å². The number of benzene rings is 3. The zero-order valence-electron chi connectivity index (χ0n) is 33.1. The topological polar surface area (TPSA) is 164 Å². The zero-order valence-corrected chi connectivity index (χ0v) is 33.9. The van der Waals surface area contributed by atoms with E-state index in [0.717, 1.165) is 44.6 Å². The van der Waals surface area contributed by atoms with Gasteiger partial charge in [0.05, 0.1) is 38.0 Å². The van der Waals surface area contributed by atoms with Crippen LogP contribution in [0.3, 0.4) is 0 Å². The van der Waals surface area contributed by atoms with Gasteiger partial charge >= 0.3 is 11.9 Å². The number of likely N-dealkylation sites (N-methyl/N-ethyl adjacent to an activating group) is 1. The average molecular weight is 801 g/mol. The van der Waals surface area contributed by atoms with Crippen molar-refractivity contribution in [1.29, 1.82) is 0 Å². The van der Waals surface area contributed by atoms with Crippen molar-refractivity contribution in [3.63, 3.8) is 0 Å². The first-order valence-corrected chi connectivity index (χ1v) is 20.4. The van der Waals surface area contributed by atoms with Crippen LogP contribution in [0.5, 0.6) is 34.5 Å². The highest BCUT2D eigenvalue weighted by atomic mass is 32.2. The summed E-state index contributed by atoms with van der Waals surface area (Å²) in [6.07, 6.45) is 0.101. The lowest BCUT2D eigenvalue weighted by Crippen LogP contribution is -2.68. The number of aryl methyl sites for hydroxylation is 1. The average Bonchev–Trinajstić information content (AvgIpc) is 3.83. The van der Waals surface area contributed by atoms with Crippen LogP contribution in [0, 0.1) is 20.8 Å². The number of aliphatic hydroxyl groups excluding tert-OH is 1. The number of hydrogen-bond donors (Lipinski definition) is 4. The van der Waals surface area contributed by atoms with Crippen LogP contribution in [0.25, 0.3) is 10.9 Å². The lowest BCUT2D eigenvalue weighted by Gasteiger charge is -2.58. The first kappa shape index (κ1) is 37.9. The van der Waals surface area contributed by atoms with Crippen LogP contribution in [0.15, 0.2) is 24.3 Å². The molecule has 1 aromatic heterocycles. The fraction of sp³-hybridized carbons (Fsp3) is 0.476. The van der Waals surface area contributed by atoms with Crippen molar-refractivity contribution in [2.24, 2.45) is 0 Å². The summed E-state index contributed by atoms with van der Waals surface area (Å²) in [5.41, 5.74) is 5.75. The lowest BCUT2D eigenvalue weighted by molar-refractivity contribution is -0.178. The number of piperazine rings is 1. The summed E-state index contributed by atoms with van der Waals surface area (Å²) < 4.78 is 35.9. The van der Waals surface area contributed by atoms with Gasteiger partial charge in [-0.3, -0.25) is 19.9 Å². The Morgan fingerprint density at radius 3 is 2.56 bits per heavy atom. The Morgan fingerprint density at radius 1 is 1.02 bits per heavy atom. The molecule has 0 radical (unpaired) electrons. The van der Waals surface area contributed by atoms with Crippen LogP contribution >= 0.6 is 11.8 Å². The Labute approximate surface area is 334 Å². The maximum Gasteiger partial charge on any atom is 0.333 e. The highest BCUT2D eigenvalue weighted by Crippen LogP contribution is 2.55. The van der Waals surface area contributed by atoms with Crippen molar-refractivity contribution in [3.8, 4) is 34.5 Å². The highest BCUT2D eigenvalue weighted by molar-refractivity contribution is 7.99. The van der Waals surface area contributed by atoms with Crippen molar-refractivity contribution in [3.05, 3.63) is 68.9 Å². The molecule has 4 N–H and O–H groups in total. The molecule has 5 aliphatic rings. The number of esters is 2. The van der Waals surface area contributed by atoms with E-state index >= 15 is 0 Å². The van der Waals surface area contributed by atoms with E-state index in [0.29, 0.717) is 70.6 Å². The van der Waals surface area contributed by atoms with E-state index in [9.17, 15) is 19.8 Å². The number of fused-ring (bicyclic) bond motifs is 11. The first-order chi connectivity index (χ1) is 27.4. The number of carbonyl (C=O) groups excluding carboxylic acids is 2. The van der Waals surface area contributed by atoms with Gasteiger partial charge in [-0.2, -0.15) is 11.8 Å². The third-order valence-corrected chi connectivity index (χ3v) is 14.0. The molecule has 57 heavy (non-hydrogen) atoms. The van der Waals surface area contributed by atoms with Gasteiger partial charge in [0, 0.05) is 64.2 Å². The highest BCUT2D eigenvalue weighted by Gasteiger charge is 2.56. The Hall–Kier alpha value is -4.67. The number of H-pyrrole nitrogens is 1. The van der Waals surface area contributed by atoms with Crippen molar-refractivity contribution in [2.45, 2.75) is 76.5 Å². The molecule has 2 bridgehead atoms. The SMILES string of the molecule is COc1ccc2[nH]c3c(c2c1)CCN[C@]31CSC[C@H]2[C@@H]3c4c(cc(C)c(OC)c4O)C[C@H]([C@H](O)N2[C@H](c2c(C)c(OC(C)=O)c(C)c4c2OCO4)COC1=O)N3C. The molecule has 1 spiro atoms. The molecular weight excluding hydrogens is 753 g/mol. The molecule has 15 heteroatoms. The Bertz CT molecular complexity index is 2330. The smallest absolute Gasteiger partial charge is 0.333 e. The summed E-state index contributed by atoms with van der Waals surface area (Å²) in [6.45, 7) is 7.22. The molecule has 0 saturated carbocycles. The zero-order chi connectivity index (χ0) is 40.1. The Morgan fingerprint density at radius 2 is 1.81 bits per heavy atom. The molecule has 5 aliphatic heterocycles. The number of aromatic nitrogens is 1. The van der Waals surface area contributed by atoms with Gasteiger partial charge in [-0.05, 0) is 75.5 Å². The van der Waals surface area contributed by atoms with Gasteiger partial charge in [0.1, 0.15) is 24.3 Å². The molecule has 302 valence electrons. The number of aromatic hydroxyl groups is 1. The number of nitrogens with zero attached hydrogens (tertiary/aromatic N) is 2. The molecule has 0 unspecified atom stereocenters. The summed E-state index contributed by atoms with van der Waals surface area (Å²) in [5, 5.41) is 29.2. The molecule has 2 saturated heterocycles. The molecule has 3 aromatic carbocycles. The fourth-order valence-electron chi connectivity index (χ4n) is 10.2. The van der Waals surface area contributed by atoms with Gasteiger partial charge < -0.3 is 43.6 Å². The van der Waals surface area contributed by atoms with Gasteiger partial charge in [0.2, 0.25) is 6.79 Å². The van der Waals surface area contributed by atoms with E-state index in [2.05, 4.69) is 21.3 Å². The van der Waals surface area contributed by atoms with Crippen LogP contribution in [0.2, 0.25) is 0 Å². The van der Waals surface area contributed by atoms with E-state index in [4.69, 9.17) is 28.4 Å². The number of phenolic OH excluding ortho intramolecular Hbond substituents is 1. The summed E-state index contributed by atoms with van der Waals surface area (Å²) in [4.78, 5) is 35.2. The minimum Gasteiger partial charge on any atom is -0.504 e. The van der Waals surface area contributed by atoms with Crippen molar-refractivity contribution >= 4 is 34.6 Å². The fourth-order valence-corrected chi connectivity index (χ4v) is 11.6. The van der Waals surface area contributed by atoms with E-state index in [1.807, 2.05) is 50.9 Å². The third-order valence-electron chi connectivity index (χ3n) is 12.7. The second-order valence-electron chi connectivity index (χ2n) is 15.7. The molecule has 4 aromatic rings. The van der Waals surface area contributed by atoms with E-state index in [-0.39, 0.29) is 19.1 Å². The normalized spacial score (nSPS) is 27.0. The van der Waals surface area contributed by atoms with Gasteiger partial charge in [0.15, 0.2) is 28.5 Å². The van der Waals surface area contributed by atoms with Crippen molar-refractivity contribution < 1.29 is 48.2 Å². The van der Waals surface area contributed by atoms with Crippen molar-refractivity contribution in [2.75, 3.05) is 52.7 Å². The van der Waals surface area contributed by atoms with Gasteiger partial charge in [-0.25, -0.2) is 4.79 Å². The number of hydrogen-bond acceptors (Lipinski definition) is 14. The number of aromatic amines is 1. The minimum atomic E-state index is -1.24. The predicted octanol–water partition coefficient (Wildman–Crippen LogP) is 4.44. The molecular formula is C42H48N4O10S. The number of carbonyl (C=O) groups is 2. The van der Waals surface area contributed by atoms with Crippen LogP contribution in [-0.4, -0.2) is 108 Å². The van der Waals surface area contributed by atoms with Gasteiger partial charge in [-0.1, -0.05) is 6.07 Å². The summed E-state index contributed by atoms with van der Waals surface area (Å²) in [5.74, 6) is 2.24. The molecule has 9 rings (SSSR count). The number of ether oxygens (including phenoxy) is 6. The lowest BCUT2D eigenvalue weighted by atomic mass is 9.78. The number of nitrogens with one attached hydrogen (secondary N) is 2. The third kappa shape index (κ3) is 5.60. The molecule has 0 amide bonds. The van der Waals surface area contributed by atoms with Crippen LogP contribution in [-0.2, 0) is 32.7 Å². The van der Waals surface area contributed by atoms with Crippen LogP contribution < -0.4 is 29.0 Å². The molecule has 6 atom stereocenters. The van der Waals surface area contributed by atoms with E-state index in [1.54, 1.807) is 26.0 Å². The monoisotopic (exact) mass is 800 g/mol. The van der Waals surface area contributed by atoms with Gasteiger partial charge in [0.25, 0.3) is 0 Å². The maximum absolute atomic E-state index is 14.9. The maximum atomic E-state index is 14.9. The molecule has 2 fully saturated rings. The standard InChI is InChI=1S/C42H48N4O10S/c1-19-12-23-13-28-40(49)46-29(31-20(2)36(56-22(4)47)21(3)37-38(31)55-18-54-37)15-53-41(50)42(17-57-16-30(46)33(45(28)5)32(23)34(48)35(19)52-7)39-25(10-11-43-42)26-14-24(51-6)8-9-27(26)44-39/h8-9,12,14,28-30,33,40,43-44,48-49H,10-11,13,15-18H2,1-7H3/t28-,29+,30+,33-,40+,42-/m1/s1. The quantitative estimate of drug-likeness (QED) is 0.169. The van der Waals surface area contributed by atoms with Gasteiger partial charge in [-0.15, -0.1) is 0 Å². The molecule has 0 aliphatic carbocycles. The second-order valence-corrected chi connectivity index (χ2v) is 16.7. The minimum absolute atomic E-state index is 0.0597. The second kappa shape index (κ2) is 14.0. The van der Waals surface area contributed by atoms with Crippen LogP contribution in [0.4, 0.5) is 0 Å². The Kier molecular flexibility index (Phi) is 9.31. The largest absolute Gasteiger partial charge is 0.504 e. The number of cyclic esters (lactones) is 1. The molecule has 6 heterocycles. The number of aliphatic hydroxyl groups is 1. The number of methoxy groups -OCH3 is 2. The first-order valence-electron chi connectivity index (χ1n) is 19.3. The Balaban J connectivity index is 1.25. The summed E-state index contributed by atoms with van der Waals surface area (Å²) >= 11 is 1.59. The van der Waals surface area contributed by atoms with E-state index < -0.39 is 47.9 Å². The van der Waals surface area contributed by atoms with Crippen molar-refractivity contribution in [1.82, 2.24) is 20.1 Å². The summed E-state index contributed by atoms with van der Waals surface area (Å²) in [6, 6.07) is 5.86. The summed E-state index contributed by atoms with van der Waals surface area (Å²) in [7, 11) is 5.18. The van der Waals surface area contributed by atoms with E-state index in [1.165, 1.54) is 6.92 Å².